The molecule has 0 fully saturated rings. The second-order valence-corrected chi connectivity index (χ2v) is 3.92. The zero-order valence-corrected chi connectivity index (χ0v) is 10.2. The molecule has 2 aromatic rings. The van der Waals surface area contributed by atoms with Gasteiger partial charge in [-0.2, -0.15) is 0 Å². The average Bonchev–Trinajstić information content (AvgIpc) is 2.45. The molecule has 0 saturated carbocycles. The van der Waals surface area contributed by atoms with E-state index in [2.05, 4.69) is 17.2 Å². The van der Waals surface area contributed by atoms with Gasteiger partial charge in [0.1, 0.15) is 5.82 Å². The number of amides is 1. The van der Waals surface area contributed by atoms with Crippen LogP contribution < -0.4 is 11.1 Å². The molecule has 0 bridgehead atoms. The van der Waals surface area contributed by atoms with Crippen molar-refractivity contribution < 1.29 is 9.18 Å². The highest BCUT2D eigenvalue weighted by Crippen LogP contribution is 2.20. The van der Waals surface area contributed by atoms with Crippen molar-refractivity contribution in [3.63, 3.8) is 0 Å². The number of hydrogen-bond donors (Lipinski definition) is 2. The average molecular weight is 256 g/mol. The lowest BCUT2D eigenvalue weighted by molar-refractivity contribution is -0.119. The zero-order valence-electron chi connectivity index (χ0n) is 10.2. The van der Waals surface area contributed by atoms with E-state index in [1.54, 1.807) is 18.2 Å². The van der Waals surface area contributed by atoms with Gasteiger partial charge in [0.2, 0.25) is 5.91 Å². The Morgan fingerprint density at radius 1 is 1.21 bits per heavy atom. The molecule has 19 heavy (non-hydrogen) atoms. The minimum atomic E-state index is -0.266. The van der Waals surface area contributed by atoms with Crippen molar-refractivity contribution in [2.45, 2.75) is 0 Å². The normalized spacial score (nSPS) is 9.79. The van der Waals surface area contributed by atoms with Gasteiger partial charge in [-0.15, -0.1) is 0 Å². The summed E-state index contributed by atoms with van der Waals surface area (Å²) in [4.78, 5) is 10.9. The highest BCUT2D eigenvalue weighted by molar-refractivity contribution is 5.88. The van der Waals surface area contributed by atoms with E-state index < -0.39 is 0 Å². The third-order valence-corrected chi connectivity index (χ3v) is 2.65. The van der Waals surface area contributed by atoms with Crippen molar-refractivity contribution in [2.24, 2.45) is 5.73 Å². The minimum absolute atomic E-state index is 0.0544. The van der Waals surface area contributed by atoms with Gasteiger partial charge in [-0.25, -0.2) is 4.39 Å². The molecule has 2 aromatic carbocycles. The molecule has 0 aromatic heterocycles. The molecule has 3 N–H and O–H groups in total. The van der Waals surface area contributed by atoms with Crippen LogP contribution in [0.5, 0.6) is 0 Å². The van der Waals surface area contributed by atoms with Crippen LogP contribution >= 0.6 is 0 Å². The van der Waals surface area contributed by atoms with E-state index in [1.807, 2.05) is 12.1 Å². The second-order valence-electron chi connectivity index (χ2n) is 3.92. The predicted molar refractivity (Wildman–Crippen MR) is 72.8 cm³/mol. The van der Waals surface area contributed by atoms with Gasteiger partial charge in [-0.1, -0.05) is 36.1 Å². The quantitative estimate of drug-likeness (QED) is 0.798. The first-order chi connectivity index (χ1) is 9.22. The molecule has 0 aliphatic carbocycles. The maximum atomic E-state index is 13.6. The van der Waals surface area contributed by atoms with Crippen molar-refractivity contribution in [3.05, 3.63) is 47.8 Å². The van der Waals surface area contributed by atoms with E-state index in [0.717, 1.165) is 10.9 Å². The maximum absolute atomic E-state index is 13.6. The lowest BCUT2D eigenvalue weighted by atomic mass is 10.0. The fraction of sp³-hybridized carbons (Fsp3) is 0.133. The van der Waals surface area contributed by atoms with Crippen LogP contribution in [0.2, 0.25) is 0 Å². The van der Waals surface area contributed by atoms with Crippen LogP contribution in [0.15, 0.2) is 36.4 Å². The maximum Gasteiger partial charge on any atom is 0.234 e. The van der Waals surface area contributed by atoms with Gasteiger partial charge in [0, 0.05) is 16.3 Å². The van der Waals surface area contributed by atoms with E-state index in [-0.39, 0.29) is 24.8 Å². The topological polar surface area (TPSA) is 55.1 Å². The predicted octanol–water partition coefficient (Wildman–Crippen LogP) is 1.41. The van der Waals surface area contributed by atoms with Crippen molar-refractivity contribution >= 4 is 16.7 Å². The summed E-state index contributed by atoms with van der Waals surface area (Å²) in [6.07, 6.45) is 0. The summed E-state index contributed by atoms with van der Waals surface area (Å²) in [5.41, 5.74) is 5.89. The van der Waals surface area contributed by atoms with Gasteiger partial charge in [-0.3, -0.25) is 4.79 Å². The molecule has 0 heterocycles. The molecule has 0 aliphatic heterocycles. The smallest absolute Gasteiger partial charge is 0.234 e. The fourth-order valence-corrected chi connectivity index (χ4v) is 1.73. The van der Waals surface area contributed by atoms with E-state index in [4.69, 9.17) is 5.73 Å². The number of nitrogens with one attached hydrogen (secondary N) is 1. The van der Waals surface area contributed by atoms with Crippen molar-refractivity contribution in [1.29, 1.82) is 0 Å². The highest BCUT2D eigenvalue weighted by atomic mass is 19.1. The van der Waals surface area contributed by atoms with E-state index in [0.29, 0.717) is 5.39 Å². The van der Waals surface area contributed by atoms with Crippen molar-refractivity contribution in [2.75, 3.05) is 13.1 Å². The Morgan fingerprint density at radius 2 is 1.95 bits per heavy atom. The van der Waals surface area contributed by atoms with Crippen molar-refractivity contribution in [3.8, 4) is 11.8 Å². The third-order valence-electron chi connectivity index (χ3n) is 2.65. The summed E-state index contributed by atoms with van der Waals surface area (Å²) in [5.74, 6) is 5.22. The Bertz CT molecular complexity index is 671. The summed E-state index contributed by atoms with van der Waals surface area (Å²) in [6, 6.07) is 10.2. The Kier molecular flexibility index (Phi) is 4.11. The number of carbonyl (C=O) groups excluding carboxylic acids is 1. The van der Waals surface area contributed by atoms with Crippen LogP contribution in [0.1, 0.15) is 5.56 Å². The van der Waals surface area contributed by atoms with Gasteiger partial charge < -0.3 is 11.1 Å². The van der Waals surface area contributed by atoms with Crippen LogP contribution in [-0.4, -0.2) is 19.0 Å². The summed E-state index contributed by atoms with van der Waals surface area (Å²) < 4.78 is 13.6. The van der Waals surface area contributed by atoms with Crippen LogP contribution in [0.3, 0.4) is 0 Å². The molecule has 0 saturated heterocycles. The number of halogens is 1. The molecule has 96 valence electrons. The summed E-state index contributed by atoms with van der Waals surface area (Å²) in [6.45, 7) is 0.170. The van der Waals surface area contributed by atoms with Gasteiger partial charge in [0.15, 0.2) is 0 Å². The lowest BCUT2D eigenvalue weighted by Crippen LogP contribution is -2.30. The molecular formula is C15H13FN2O. The lowest BCUT2D eigenvalue weighted by Gasteiger charge is -2.01. The molecule has 0 spiro atoms. The minimum Gasteiger partial charge on any atom is -0.344 e. The number of hydrogen-bond acceptors (Lipinski definition) is 2. The number of fused-ring (bicyclic) bond motifs is 1. The first-order valence-corrected chi connectivity index (χ1v) is 5.85. The largest absolute Gasteiger partial charge is 0.344 e. The Balaban J connectivity index is 2.24. The van der Waals surface area contributed by atoms with Crippen LogP contribution in [0.25, 0.3) is 10.8 Å². The first-order valence-electron chi connectivity index (χ1n) is 5.85. The first kappa shape index (κ1) is 13.1. The Morgan fingerprint density at radius 3 is 2.68 bits per heavy atom. The molecule has 0 unspecified atom stereocenters. The van der Waals surface area contributed by atoms with Gasteiger partial charge in [0.05, 0.1) is 13.1 Å². The van der Waals surface area contributed by atoms with Crippen molar-refractivity contribution in [1.82, 2.24) is 5.32 Å². The zero-order chi connectivity index (χ0) is 13.7. The second kappa shape index (κ2) is 5.98. The van der Waals surface area contributed by atoms with Gasteiger partial charge in [-0.05, 0) is 12.1 Å². The van der Waals surface area contributed by atoms with E-state index in [1.165, 1.54) is 6.07 Å². The summed E-state index contributed by atoms with van der Waals surface area (Å²) in [5, 5.41) is 3.86. The summed E-state index contributed by atoms with van der Waals surface area (Å²) in [7, 11) is 0. The molecule has 0 radical (unpaired) electrons. The molecule has 3 nitrogen and oxygen atoms in total. The molecule has 0 aliphatic rings. The monoisotopic (exact) mass is 256 g/mol. The number of benzene rings is 2. The number of rotatable bonds is 2. The molecule has 1 amide bonds. The van der Waals surface area contributed by atoms with Crippen LogP contribution in [-0.2, 0) is 4.79 Å². The SMILES string of the molecule is NCC(=O)NCC#Cc1ccc(F)c2ccccc12. The molecule has 0 atom stereocenters. The third kappa shape index (κ3) is 3.09. The van der Waals surface area contributed by atoms with Crippen LogP contribution in [0, 0.1) is 17.7 Å². The van der Waals surface area contributed by atoms with Gasteiger partial charge >= 0.3 is 0 Å². The fourth-order valence-electron chi connectivity index (χ4n) is 1.73. The van der Waals surface area contributed by atoms with Gasteiger partial charge in [0.25, 0.3) is 0 Å². The molecule has 4 heteroatoms. The summed E-state index contributed by atoms with van der Waals surface area (Å²) >= 11 is 0. The van der Waals surface area contributed by atoms with E-state index >= 15 is 0 Å². The standard InChI is InChI=1S/C15H13FN2O/c16-14-8-7-11(4-3-9-18-15(19)10-17)12-5-1-2-6-13(12)14/h1-2,5-8H,9-10,17H2,(H,18,19). The van der Waals surface area contributed by atoms with E-state index in [9.17, 15) is 9.18 Å². The molecular weight excluding hydrogens is 243 g/mol. The van der Waals surface area contributed by atoms with Crippen LogP contribution in [0.4, 0.5) is 4.39 Å². The Labute approximate surface area is 110 Å². The number of nitrogens with two attached hydrogens (primary N) is 1. The number of carbonyl (C=O) groups is 1. The molecule has 2 rings (SSSR count). The highest BCUT2D eigenvalue weighted by Gasteiger charge is 2.02. The Hall–Kier alpha value is -2.38.